The molecule has 1 aromatic carbocycles. The van der Waals surface area contributed by atoms with Gasteiger partial charge in [-0.1, -0.05) is 49.3 Å². The normalized spacial score (nSPS) is 30.5. The molecular formula is C37H47N5O9S. The number of nitrogens with zero attached hydrogens (tertiary/aromatic N) is 2. The lowest BCUT2D eigenvalue weighted by Crippen LogP contribution is -2.59. The van der Waals surface area contributed by atoms with E-state index in [4.69, 9.17) is 9.47 Å². The molecule has 280 valence electrons. The van der Waals surface area contributed by atoms with Gasteiger partial charge in [0.1, 0.15) is 23.7 Å². The number of rotatable bonds is 7. The number of sulfonamides is 1. The first-order valence-electron chi connectivity index (χ1n) is 18.5. The second-order valence-corrected chi connectivity index (χ2v) is 16.9. The topological polar surface area (TPSA) is 181 Å². The van der Waals surface area contributed by atoms with Crippen molar-refractivity contribution in [3.8, 4) is 0 Å². The molecule has 0 aromatic heterocycles. The van der Waals surface area contributed by atoms with Gasteiger partial charge in [-0.15, -0.1) is 6.58 Å². The molecule has 52 heavy (non-hydrogen) atoms. The molecule has 5 amide bonds. The molecule has 3 aliphatic carbocycles. The van der Waals surface area contributed by atoms with Gasteiger partial charge >= 0.3 is 12.2 Å². The predicted molar refractivity (Wildman–Crippen MR) is 189 cm³/mol. The number of fused-ring (bicyclic) bond motifs is 10. The lowest BCUT2D eigenvalue weighted by atomic mass is 9.94. The summed E-state index contributed by atoms with van der Waals surface area (Å²) in [5.74, 6) is -2.77. The predicted octanol–water partition coefficient (Wildman–Crippen LogP) is 2.91. The van der Waals surface area contributed by atoms with Crippen molar-refractivity contribution < 1.29 is 41.9 Å². The molecule has 1 saturated heterocycles. The molecule has 3 N–H and O–H groups in total. The Kier molecular flexibility index (Phi) is 10.1. The summed E-state index contributed by atoms with van der Waals surface area (Å²) in [5.41, 5.74) is 1.67. The molecule has 5 atom stereocenters. The third kappa shape index (κ3) is 7.42. The zero-order valence-electron chi connectivity index (χ0n) is 29.2. The van der Waals surface area contributed by atoms with Crippen molar-refractivity contribution in [1.29, 1.82) is 0 Å². The van der Waals surface area contributed by atoms with Crippen LogP contribution in [0.4, 0.5) is 9.59 Å². The average Bonchev–Trinajstić information content (AvgIpc) is 4.00. The molecule has 8 rings (SSSR count). The first-order valence-corrected chi connectivity index (χ1v) is 20.0. The van der Waals surface area contributed by atoms with Gasteiger partial charge in [-0.2, -0.15) is 0 Å². The Morgan fingerprint density at radius 1 is 1.08 bits per heavy atom. The number of allylic oxidation sites excluding steroid dienone is 1. The van der Waals surface area contributed by atoms with Gasteiger partial charge in [0.05, 0.1) is 18.4 Å². The van der Waals surface area contributed by atoms with Crippen LogP contribution in [0.3, 0.4) is 0 Å². The lowest BCUT2D eigenvalue weighted by molar-refractivity contribution is -0.142. The van der Waals surface area contributed by atoms with E-state index in [1.807, 2.05) is 24.3 Å². The number of amides is 5. The quantitative estimate of drug-likeness (QED) is 0.355. The van der Waals surface area contributed by atoms with E-state index in [1.54, 1.807) is 4.90 Å². The molecular weight excluding hydrogens is 691 g/mol. The fraction of sp³-hybridized carbons (Fsp3) is 0.595. The Morgan fingerprint density at radius 2 is 1.87 bits per heavy atom. The highest BCUT2D eigenvalue weighted by molar-refractivity contribution is 7.91. The molecule has 0 radical (unpaired) electrons. The molecule has 14 nitrogen and oxygen atoms in total. The third-order valence-corrected chi connectivity index (χ3v) is 13.2. The van der Waals surface area contributed by atoms with Crippen molar-refractivity contribution in [3.63, 3.8) is 0 Å². The summed E-state index contributed by atoms with van der Waals surface area (Å²) >= 11 is 0. The van der Waals surface area contributed by atoms with Crippen LogP contribution in [0, 0.1) is 11.8 Å². The minimum Gasteiger partial charge on any atom is -0.450 e. The molecule has 0 unspecified atom stereocenters. The Labute approximate surface area is 303 Å². The molecule has 15 heteroatoms. The first-order chi connectivity index (χ1) is 25.0. The van der Waals surface area contributed by atoms with Crippen molar-refractivity contribution in [1.82, 2.24) is 25.2 Å². The zero-order chi connectivity index (χ0) is 36.6. The number of nitrogens with one attached hydrogen (secondary N) is 3. The average molecular weight is 738 g/mol. The van der Waals surface area contributed by atoms with Gasteiger partial charge < -0.3 is 29.9 Å². The van der Waals surface area contributed by atoms with Crippen molar-refractivity contribution in [3.05, 3.63) is 53.6 Å². The summed E-state index contributed by atoms with van der Waals surface area (Å²) in [6.45, 7) is 4.59. The van der Waals surface area contributed by atoms with Crippen LogP contribution in [0.5, 0.6) is 0 Å². The fourth-order valence-electron chi connectivity index (χ4n) is 8.16. The van der Waals surface area contributed by atoms with Crippen LogP contribution in [-0.4, -0.2) is 96.8 Å². The Bertz CT molecular complexity index is 1770. The number of ether oxygens (including phenoxy) is 2. The highest BCUT2D eigenvalue weighted by atomic mass is 32.2. The largest absolute Gasteiger partial charge is 0.450 e. The van der Waals surface area contributed by atoms with Crippen molar-refractivity contribution in [2.45, 2.75) is 106 Å². The fourth-order valence-corrected chi connectivity index (χ4v) is 9.52. The molecule has 7 aliphatic rings. The van der Waals surface area contributed by atoms with Crippen molar-refractivity contribution in [2.24, 2.45) is 11.8 Å². The summed E-state index contributed by atoms with van der Waals surface area (Å²) in [6.07, 6.45) is 9.46. The summed E-state index contributed by atoms with van der Waals surface area (Å²) < 4.78 is 39.0. The van der Waals surface area contributed by atoms with E-state index in [2.05, 4.69) is 28.0 Å². The maximum Gasteiger partial charge on any atom is 0.410 e. The number of carbonyl (C=O) groups excluding carboxylic acids is 5. The van der Waals surface area contributed by atoms with E-state index in [-0.39, 0.29) is 31.9 Å². The zero-order valence-corrected chi connectivity index (χ0v) is 30.0. The highest BCUT2D eigenvalue weighted by Gasteiger charge is 2.62. The van der Waals surface area contributed by atoms with Crippen LogP contribution in [0.25, 0.3) is 6.08 Å². The second kappa shape index (κ2) is 14.6. The molecule has 4 aliphatic heterocycles. The number of benzene rings is 1. The summed E-state index contributed by atoms with van der Waals surface area (Å²) in [5, 5.41) is 4.91. The van der Waals surface area contributed by atoms with Gasteiger partial charge in [0.2, 0.25) is 21.8 Å². The first kappa shape index (κ1) is 36.0. The van der Waals surface area contributed by atoms with Gasteiger partial charge in [-0.3, -0.25) is 19.1 Å². The van der Waals surface area contributed by atoms with E-state index in [9.17, 15) is 32.4 Å². The third-order valence-electron chi connectivity index (χ3n) is 11.4. The van der Waals surface area contributed by atoms with Gasteiger partial charge in [0, 0.05) is 25.4 Å². The van der Waals surface area contributed by atoms with Crippen LogP contribution in [-0.2, 0) is 46.8 Å². The van der Waals surface area contributed by atoms with Crippen LogP contribution in [0.1, 0.15) is 80.9 Å². The molecule has 1 aromatic rings. The van der Waals surface area contributed by atoms with Crippen molar-refractivity contribution in [2.75, 3.05) is 19.7 Å². The highest BCUT2D eigenvalue weighted by Crippen LogP contribution is 2.45. The summed E-state index contributed by atoms with van der Waals surface area (Å²) in [6, 6.07) is 3.81. The summed E-state index contributed by atoms with van der Waals surface area (Å²) in [7, 11) is -3.90. The van der Waals surface area contributed by atoms with E-state index in [0.717, 1.165) is 29.5 Å². The van der Waals surface area contributed by atoms with Gasteiger partial charge in [0.25, 0.3) is 5.91 Å². The Morgan fingerprint density at radius 3 is 2.60 bits per heavy atom. The minimum atomic E-state index is -3.90. The second-order valence-electron chi connectivity index (χ2n) is 14.9. The summed E-state index contributed by atoms with van der Waals surface area (Å²) in [4.78, 5) is 71.7. The molecule has 3 saturated carbocycles. The minimum absolute atomic E-state index is 0.0542. The van der Waals surface area contributed by atoms with E-state index < -0.39 is 74.8 Å². The van der Waals surface area contributed by atoms with Crippen LogP contribution >= 0.6 is 0 Å². The van der Waals surface area contributed by atoms with Crippen LogP contribution in [0.15, 0.2) is 36.9 Å². The van der Waals surface area contributed by atoms with Gasteiger partial charge in [-0.05, 0) is 74.0 Å². The van der Waals surface area contributed by atoms with E-state index in [0.29, 0.717) is 58.0 Å². The van der Waals surface area contributed by atoms with Gasteiger partial charge in [-0.25, -0.2) is 18.0 Å². The SMILES string of the molecule is C=C[C@H]1C[C@]1(NC(=O)[C@@H]1C[C@@H]2CN1C(=O)[C@H](C1CCCC1)NC(=O)OCCC/C=C/c1cccc3c1CCN(C3)C(=O)O2)C(=O)NS(=O)(=O)C1CC1. The Balaban J connectivity index is 1.16. The lowest BCUT2D eigenvalue weighted by Gasteiger charge is -2.32. The van der Waals surface area contributed by atoms with E-state index >= 15 is 0 Å². The standard InChI is InChI=1S/C37H47N5O9S/c1-2-26-20-37(26,34(45)40-52(48,49)28-14-15-28)39-32(43)30-19-27-22-42(30)33(44)31(24-10-5-6-11-24)38-35(46)50-18-7-3-4-9-23-12-8-13-25-21-41(36(47)51-27)17-16-29(23)25/h2,4,8-9,12-13,24,26-28,30-31H,1,3,5-7,10-11,14-22H2,(H,38,46)(H,39,43)(H,40,45)/b9-4+/t26-,27+,30-,31-,37+/m0/s1. The van der Waals surface area contributed by atoms with Crippen molar-refractivity contribution >= 4 is 46.0 Å². The van der Waals surface area contributed by atoms with Crippen LogP contribution in [0.2, 0.25) is 0 Å². The maximum atomic E-state index is 14.5. The number of alkyl carbamates (subject to hydrolysis) is 1. The monoisotopic (exact) mass is 737 g/mol. The van der Waals surface area contributed by atoms with E-state index in [1.165, 1.54) is 11.0 Å². The maximum absolute atomic E-state index is 14.5. The molecule has 6 bridgehead atoms. The van der Waals surface area contributed by atoms with Gasteiger partial charge in [0.15, 0.2) is 0 Å². The molecule has 0 spiro atoms. The number of hydrogen-bond acceptors (Lipinski definition) is 9. The molecule has 4 fully saturated rings. The smallest absolute Gasteiger partial charge is 0.410 e. The van der Waals surface area contributed by atoms with Crippen LogP contribution < -0.4 is 15.4 Å². The molecule has 4 heterocycles. The number of hydrogen-bond donors (Lipinski definition) is 3. The Hall–Kier alpha value is -4.40. The number of carbonyl (C=O) groups is 5.